The molecule has 0 bridgehead atoms. The zero-order chi connectivity index (χ0) is 16.2. The second-order valence-corrected chi connectivity index (χ2v) is 6.78. The summed E-state index contributed by atoms with van der Waals surface area (Å²) >= 11 is 1.55. The fraction of sp³-hybridized carbons (Fsp3) is 0.278. The Morgan fingerprint density at radius 1 is 1.12 bits per heavy atom. The van der Waals surface area contributed by atoms with Gasteiger partial charge in [0, 0.05) is 24.3 Å². The summed E-state index contributed by atoms with van der Waals surface area (Å²) in [6.07, 6.45) is 5.95. The number of likely N-dealkylation sites (tertiary alicyclic amines) is 1. The van der Waals surface area contributed by atoms with Gasteiger partial charge in [0.15, 0.2) is 5.13 Å². The fourth-order valence-corrected chi connectivity index (χ4v) is 3.69. The highest BCUT2D eigenvalue weighted by molar-refractivity contribution is 7.13. The van der Waals surface area contributed by atoms with Crippen LogP contribution < -0.4 is 5.32 Å². The van der Waals surface area contributed by atoms with Crippen molar-refractivity contribution in [2.75, 3.05) is 11.9 Å². The lowest BCUT2D eigenvalue weighted by Crippen LogP contribution is -2.23. The molecular weight excluding hydrogens is 318 g/mol. The molecule has 6 heteroatoms. The van der Waals surface area contributed by atoms with Crippen LogP contribution in [0.25, 0.3) is 0 Å². The van der Waals surface area contributed by atoms with Crippen molar-refractivity contribution in [1.29, 1.82) is 0 Å². The van der Waals surface area contributed by atoms with Crippen molar-refractivity contribution in [3.8, 4) is 0 Å². The Morgan fingerprint density at radius 2 is 2.04 bits per heavy atom. The van der Waals surface area contributed by atoms with Gasteiger partial charge in [0.05, 0.1) is 11.7 Å². The molecule has 1 aliphatic rings. The number of benzene rings is 1. The number of rotatable bonds is 5. The SMILES string of the molecule is c1ccc(CN2CCC[C@@H]2c2ccnc(Nc3nccs3)n2)cc1. The number of hydrogen-bond acceptors (Lipinski definition) is 6. The number of hydrogen-bond donors (Lipinski definition) is 1. The maximum atomic E-state index is 4.72. The smallest absolute Gasteiger partial charge is 0.229 e. The summed E-state index contributed by atoms with van der Waals surface area (Å²) in [5, 5.41) is 5.93. The molecule has 1 aliphatic heterocycles. The van der Waals surface area contributed by atoms with Gasteiger partial charge in [-0.3, -0.25) is 4.90 Å². The van der Waals surface area contributed by atoms with E-state index >= 15 is 0 Å². The van der Waals surface area contributed by atoms with E-state index in [1.807, 2.05) is 17.6 Å². The summed E-state index contributed by atoms with van der Waals surface area (Å²) in [4.78, 5) is 15.8. The van der Waals surface area contributed by atoms with Crippen LogP contribution in [0.2, 0.25) is 0 Å². The lowest BCUT2D eigenvalue weighted by atomic mass is 10.1. The van der Waals surface area contributed by atoms with E-state index in [0.29, 0.717) is 12.0 Å². The lowest BCUT2D eigenvalue weighted by molar-refractivity contribution is 0.244. The molecule has 5 nitrogen and oxygen atoms in total. The standard InChI is InChI=1S/C18H19N5S/c1-2-5-14(6-3-1)13-23-11-4-7-16(23)15-8-9-19-17(21-15)22-18-20-10-12-24-18/h1-3,5-6,8-10,12,16H,4,7,11,13H2,(H,19,20,21,22)/t16-/m1/s1. The van der Waals surface area contributed by atoms with Crippen molar-refractivity contribution in [3.63, 3.8) is 0 Å². The molecule has 1 saturated heterocycles. The van der Waals surface area contributed by atoms with Crippen LogP contribution in [0.1, 0.15) is 30.1 Å². The minimum Gasteiger partial charge on any atom is -0.300 e. The highest BCUT2D eigenvalue weighted by Crippen LogP contribution is 2.32. The first-order valence-corrected chi connectivity index (χ1v) is 9.04. The maximum absolute atomic E-state index is 4.72. The van der Waals surface area contributed by atoms with Crippen LogP contribution in [0.4, 0.5) is 11.1 Å². The van der Waals surface area contributed by atoms with E-state index in [-0.39, 0.29) is 0 Å². The van der Waals surface area contributed by atoms with E-state index in [2.05, 4.69) is 50.5 Å². The van der Waals surface area contributed by atoms with E-state index in [1.165, 1.54) is 12.0 Å². The summed E-state index contributed by atoms with van der Waals surface area (Å²) in [6.45, 7) is 2.07. The van der Waals surface area contributed by atoms with Crippen LogP contribution in [-0.4, -0.2) is 26.4 Å². The molecule has 0 amide bonds. The van der Waals surface area contributed by atoms with Gasteiger partial charge in [0.1, 0.15) is 0 Å². The molecule has 3 heterocycles. The molecule has 1 fully saturated rings. The molecule has 122 valence electrons. The number of aromatic nitrogens is 3. The van der Waals surface area contributed by atoms with Crippen LogP contribution in [0.5, 0.6) is 0 Å². The van der Waals surface area contributed by atoms with Crippen molar-refractivity contribution >= 4 is 22.4 Å². The summed E-state index contributed by atoms with van der Waals surface area (Å²) < 4.78 is 0. The summed E-state index contributed by atoms with van der Waals surface area (Å²) in [7, 11) is 0. The third kappa shape index (κ3) is 3.44. The van der Waals surface area contributed by atoms with Gasteiger partial charge in [0.2, 0.25) is 5.95 Å². The van der Waals surface area contributed by atoms with Gasteiger partial charge in [-0.15, -0.1) is 11.3 Å². The first-order chi connectivity index (χ1) is 11.9. The molecule has 0 unspecified atom stereocenters. The van der Waals surface area contributed by atoms with Crippen LogP contribution >= 0.6 is 11.3 Å². The average Bonchev–Trinajstić information content (AvgIpc) is 3.28. The Balaban J connectivity index is 1.51. The van der Waals surface area contributed by atoms with Crippen molar-refractivity contribution in [2.24, 2.45) is 0 Å². The number of anilines is 2. The second-order valence-electron chi connectivity index (χ2n) is 5.88. The van der Waals surface area contributed by atoms with Crippen LogP contribution in [0, 0.1) is 0 Å². The summed E-state index contributed by atoms with van der Waals surface area (Å²) in [5.74, 6) is 0.619. The van der Waals surface area contributed by atoms with E-state index in [4.69, 9.17) is 4.98 Å². The first kappa shape index (κ1) is 15.2. The van der Waals surface area contributed by atoms with Crippen molar-refractivity contribution in [1.82, 2.24) is 19.9 Å². The van der Waals surface area contributed by atoms with Crippen molar-refractivity contribution in [3.05, 3.63) is 65.4 Å². The van der Waals surface area contributed by atoms with Gasteiger partial charge in [-0.1, -0.05) is 30.3 Å². The second kappa shape index (κ2) is 7.07. The molecular formula is C18H19N5S. The Morgan fingerprint density at radius 3 is 2.88 bits per heavy atom. The van der Waals surface area contributed by atoms with Crippen molar-refractivity contribution in [2.45, 2.75) is 25.4 Å². The quantitative estimate of drug-likeness (QED) is 0.762. The van der Waals surface area contributed by atoms with Crippen LogP contribution in [-0.2, 0) is 6.54 Å². The topological polar surface area (TPSA) is 53.9 Å². The van der Waals surface area contributed by atoms with E-state index in [9.17, 15) is 0 Å². The van der Waals surface area contributed by atoms with Gasteiger partial charge in [-0.05, 0) is 31.0 Å². The predicted octanol–water partition coefficient (Wildman–Crippen LogP) is 4.01. The zero-order valence-corrected chi connectivity index (χ0v) is 14.1. The predicted molar refractivity (Wildman–Crippen MR) is 96.3 cm³/mol. The van der Waals surface area contributed by atoms with Crippen LogP contribution in [0.3, 0.4) is 0 Å². The van der Waals surface area contributed by atoms with Gasteiger partial charge >= 0.3 is 0 Å². The van der Waals surface area contributed by atoms with Gasteiger partial charge < -0.3 is 5.32 Å². The van der Waals surface area contributed by atoms with Crippen LogP contribution in [0.15, 0.2) is 54.2 Å². The van der Waals surface area contributed by atoms with E-state index in [1.54, 1.807) is 17.5 Å². The highest BCUT2D eigenvalue weighted by Gasteiger charge is 2.27. The molecule has 1 N–H and O–H groups in total. The molecule has 2 aromatic heterocycles. The number of nitrogens with one attached hydrogen (secondary N) is 1. The molecule has 24 heavy (non-hydrogen) atoms. The molecule has 0 radical (unpaired) electrons. The highest BCUT2D eigenvalue weighted by atomic mass is 32.1. The molecule has 1 atom stereocenters. The lowest BCUT2D eigenvalue weighted by Gasteiger charge is -2.24. The van der Waals surface area contributed by atoms with Gasteiger partial charge in [0.25, 0.3) is 0 Å². The van der Waals surface area contributed by atoms with Crippen molar-refractivity contribution < 1.29 is 0 Å². The maximum Gasteiger partial charge on any atom is 0.229 e. The molecule has 0 spiro atoms. The number of nitrogens with zero attached hydrogens (tertiary/aromatic N) is 4. The minimum atomic E-state index is 0.352. The Labute approximate surface area is 145 Å². The monoisotopic (exact) mass is 337 g/mol. The third-order valence-electron chi connectivity index (χ3n) is 4.26. The molecule has 4 rings (SSSR count). The molecule has 0 aliphatic carbocycles. The normalized spacial score (nSPS) is 17.9. The third-order valence-corrected chi connectivity index (χ3v) is 4.95. The summed E-state index contributed by atoms with van der Waals surface area (Å²) in [5.41, 5.74) is 2.43. The molecule has 1 aromatic carbocycles. The molecule has 0 saturated carbocycles. The first-order valence-electron chi connectivity index (χ1n) is 8.16. The Hall–Kier alpha value is -2.31. The Kier molecular flexibility index (Phi) is 4.49. The minimum absolute atomic E-state index is 0.352. The average molecular weight is 337 g/mol. The van der Waals surface area contributed by atoms with Gasteiger partial charge in [-0.25, -0.2) is 15.0 Å². The van der Waals surface area contributed by atoms with E-state index < -0.39 is 0 Å². The fourth-order valence-electron chi connectivity index (χ4n) is 3.17. The zero-order valence-electron chi connectivity index (χ0n) is 13.3. The molecule has 3 aromatic rings. The number of thiazole rings is 1. The Bertz CT molecular complexity index is 775. The van der Waals surface area contributed by atoms with E-state index in [0.717, 1.165) is 30.3 Å². The van der Waals surface area contributed by atoms with Gasteiger partial charge in [-0.2, -0.15) is 0 Å². The largest absolute Gasteiger partial charge is 0.300 e. The summed E-state index contributed by atoms with van der Waals surface area (Å²) in [6, 6.07) is 13.0.